The van der Waals surface area contributed by atoms with Gasteiger partial charge in [-0.25, -0.2) is 32.9 Å². The van der Waals surface area contributed by atoms with E-state index in [2.05, 4.69) is 9.73 Å². The smallest absolute Gasteiger partial charge is 0.340 e. The van der Waals surface area contributed by atoms with Gasteiger partial charge in [0.1, 0.15) is 6.67 Å². The number of rotatable bonds is 5. The molecule has 19 heavy (non-hydrogen) atoms. The minimum absolute atomic E-state index is 0.00923. The van der Waals surface area contributed by atoms with E-state index in [1.807, 2.05) is 0 Å². The number of ether oxygens (including phenoxy) is 1. The first kappa shape index (κ1) is 14.1. The highest BCUT2D eigenvalue weighted by Crippen LogP contribution is 1.79. The molecule has 0 aromatic carbocycles. The van der Waals surface area contributed by atoms with Gasteiger partial charge < -0.3 is 4.74 Å². The van der Waals surface area contributed by atoms with Gasteiger partial charge in [-0.1, -0.05) is 0 Å². The summed E-state index contributed by atoms with van der Waals surface area (Å²) in [6, 6.07) is 0. The molecule has 10 heteroatoms. The van der Waals surface area contributed by atoms with Crippen LogP contribution in [0.25, 0.3) is 0 Å². The second-order valence-corrected chi connectivity index (χ2v) is 3.20. The van der Waals surface area contributed by atoms with E-state index in [1.54, 1.807) is 0 Å². The monoisotopic (exact) mass is 267 g/mol. The third-order valence-electron chi connectivity index (χ3n) is 2.24. The molecular weight excluding hydrogens is 258 g/mol. The van der Waals surface area contributed by atoms with Crippen LogP contribution in [0.5, 0.6) is 0 Å². The van der Waals surface area contributed by atoms with Crippen molar-refractivity contribution in [3.05, 3.63) is 31.5 Å². The van der Waals surface area contributed by atoms with Crippen LogP contribution in [0.15, 0.2) is 19.4 Å². The Hall–Kier alpha value is -2.92. The summed E-state index contributed by atoms with van der Waals surface area (Å²) in [5.41, 5.74) is -2.82. The molecule has 0 N–H and O–H groups in total. The number of nitrogens with zero attached hydrogens (tertiary/aromatic N) is 5. The molecule has 0 amide bonds. The first-order valence-corrected chi connectivity index (χ1v) is 5.07. The van der Waals surface area contributed by atoms with E-state index >= 15 is 0 Å². The third-order valence-corrected chi connectivity index (χ3v) is 2.24. The summed E-state index contributed by atoms with van der Waals surface area (Å²) in [7, 11) is 0. The average molecular weight is 267 g/mol. The highest BCUT2D eigenvalue weighted by atomic mass is 16.5. The molecule has 0 unspecified atom stereocenters. The van der Waals surface area contributed by atoms with Crippen molar-refractivity contribution in [2.75, 3.05) is 0 Å². The maximum absolute atomic E-state index is 11.8. The number of hydrogen-bond acceptors (Lipinski definition) is 7. The Morgan fingerprint density at radius 2 is 1.74 bits per heavy atom. The third kappa shape index (κ3) is 2.67. The van der Waals surface area contributed by atoms with Crippen molar-refractivity contribution in [3.8, 4) is 6.26 Å². The molecule has 1 rings (SSSR count). The second kappa shape index (κ2) is 6.13. The van der Waals surface area contributed by atoms with Crippen LogP contribution in [0, 0.1) is 11.5 Å². The summed E-state index contributed by atoms with van der Waals surface area (Å²) in [6.07, 6.45) is 2.49. The van der Waals surface area contributed by atoms with E-state index in [0.29, 0.717) is 9.13 Å². The van der Waals surface area contributed by atoms with Gasteiger partial charge in [0.25, 0.3) is 6.26 Å². The molecule has 1 aromatic heterocycles. The molecule has 0 saturated carbocycles. The average Bonchev–Trinajstić information content (AvgIpc) is 2.39. The van der Waals surface area contributed by atoms with E-state index in [1.165, 1.54) is 19.3 Å². The zero-order valence-corrected chi connectivity index (χ0v) is 9.90. The number of aromatic nitrogens is 3. The van der Waals surface area contributed by atoms with Crippen LogP contribution in [-0.2, 0) is 29.5 Å². The number of nitriles is 1. The zero-order valence-electron chi connectivity index (χ0n) is 9.90. The Kier molecular flexibility index (Phi) is 4.56. The van der Waals surface area contributed by atoms with Crippen molar-refractivity contribution >= 4 is 6.08 Å². The Labute approximate surface area is 105 Å². The van der Waals surface area contributed by atoms with Crippen molar-refractivity contribution in [2.24, 2.45) is 4.99 Å². The van der Waals surface area contributed by atoms with Crippen LogP contribution >= 0.6 is 0 Å². The predicted molar refractivity (Wildman–Crippen MR) is 59.7 cm³/mol. The molecule has 0 atom stereocenters. The highest BCUT2D eigenvalue weighted by molar-refractivity contribution is 5.32. The van der Waals surface area contributed by atoms with Crippen molar-refractivity contribution < 1.29 is 9.53 Å². The molecule has 0 bridgehead atoms. The lowest BCUT2D eigenvalue weighted by atomic mass is 10.7. The Bertz CT molecular complexity index is 727. The van der Waals surface area contributed by atoms with Crippen molar-refractivity contribution in [1.82, 2.24) is 13.7 Å². The summed E-state index contributed by atoms with van der Waals surface area (Å²) in [5, 5.41) is 8.27. The molecule has 0 aliphatic rings. The van der Waals surface area contributed by atoms with E-state index in [-0.39, 0.29) is 6.54 Å². The number of isocyanates is 1. The largest absolute Gasteiger partial charge is 0.405 e. The normalized spacial score (nSPS) is 9.47. The summed E-state index contributed by atoms with van der Waals surface area (Å²) in [6.45, 7) is 0.346. The fourth-order valence-corrected chi connectivity index (χ4v) is 1.38. The quantitative estimate of drug-likeness (QED) is 0.342. The van der Waals surface area contributed by atoms with Crippen LogP contribution in [0.1, 0.15) is 6.92 Å². The fraction of sp³-hybridized carbons (Fsp3) is 0.444. The van der Waals surface area contributed by atoms with Crippen molar-refractivity contribution in [2.45, 2.75) is 26.9 Å². The molecule has 0 saturated heterocycles. The summed E-state index contributed by atoms with van der Waals surface area (Å²) < 4.78 is 6.18. The Morgan fingerprint density at radius 3 is 2.26 bits per heavy atom. The molecule has 0 spiro atoms. The van der Waals surface area contributed by atoms with Crippen molar-refractivity contribution in [3.63, 3.8) is 0 Å². The molecular formula is C9H9N5O5. The Morgan fingerprint density at radius 1 is 1.16 bits per heavy atom. The maximum Gasteiger partial charge on any atom is 0.340 e. The van der Waals surface area contributed by atoms with Gasteiger partial charge >= 0.3 is 17.1 Å². The minimum Gasteiger partial charge on any atom is -0.405 e. The first-order valence-electron chi connectivity index (χ1n) is 5.07. The van der Waals surface area contributed by atoms with Crippen LogP contribution < -0.4 is 17.1 Å². The first-order chi connectivity index (χ1) is 9.08. The lowest BCUT2D eigenvalue weighted by molar-refractivity contribution is 0.175. The van der Waals surface area contributed by atoms with Crippen LogP contribution in [-0.4, -0.2) is 19.8 Å². The number of hydrogen-bond donors (Lipinski definition) is 0. The second-order valence-electron chi connectivity index (χ2n) is 3.20. The van der Waals surface area contributed by atoms with Gasteiger partial charge in [-0.2, -0.15) is 10.3 Å². The summed E-state index contributed by atoms with van der Waals surface area (Å²) in [4.78, 5) is 48.5. The Balaban J connectivity index is 3.61. The van der Waals surface area contributed by atoms with E-state index in [0.717, 1.165) is 4.57 Å². The molecule has 0 fully saturated rings. The van der Waals surface area contributed by atoms with Crippen LogP contribution in [0.4, 0.5) is 0 Å². The van der Waals surface area contributed by atoms with Gasteiger partial charge in [0.2, 0.25) is 6.08 Å². The molecule has 0 aliphatic carbocycles. The molecule has 10 nitrogen and oxygen atoms in total. The van der Waals surface area contributed by atoms with E-state index < -0.39 is 30.5 Å². The minimum atomic E-state index is -1.02. The summed E-state index contributed by atoms with van der Waals surface area (Å²) >= 11 is 0. The van der Waals surface area contributed by atoms with Crippen LogP contribution in [0.3, 0.4) is 0 Å². The van der Waals surface area contributed by atoms with Gasteiger partial charge in [-0.05, 0) is 6.92 Å². The lowest BCUT2D eigenvalue weighted by Gasteiger charge is -2.09. The topological polar surface area (TPSA) is 128 Å². The van der Waals surface area contributed by atoms with Gasteiger partial charge in [0, 0.05) is 6.54 Å². The highest BCUT2D eigenvalue weighted by Gasteiger charge is 2.14. The fourth-order valence-electron chi connectivity index (χ4n) is 1.38. The molecule has 1 heterocycles. The van der Waals surface area contributed by atoms with Crippen LogP contribution in [0.2, 0.25) is 0 Å². The predicted octanol–water partition coefficient (Wildman–Crippen LogP) is -2.06. The van der Waals surface area contributed by atoms with Gasteiger partial charge in [-0.15, -0.1) is 0 Å². The van der Waals surface area contributed by atoms with Gasteiger partial charge in [0.15, 0.2) is 6.73 Å². The van der Waals surface area contributed by atoms with E-state index in [4.69, 9.17) is 5.26 Å². The lowest BCUT2D eigenvalue weighted by Crippen LogP contribution is -2.54. The van der Waals surface area contributed by atoms with Crippen molar-refractivity contribution in [1.29, 1.82) is 5.26 Å². The standard InChI is InChI=1S/C9H9N5O5/c1-2-12-7(16)13(4-11-5-15)9(18)14(8(12)17)6-19-3-10/h2,4,6H2,1H3. The number of aliphatic imine (C=N–C) groups is 1. The zero-order chi connectivity index (χ0) is 14.4. The van der Waals surface area contributed by atoms with Gasteiger partial charge in [-0.3, -0.25) is 0 Å². The molecule has 1 aromatic rings. The molecule has 0 aliphatic heterocycles. The summed E-state index contributed by atoms with van der Waals surface area (Å²) in [5.74, 6) is 0. The molecule has 0 radical (unpaired) electrons. The molecule has 100 valence electrons. The maximum atomic E-state index is 11.8. The van der Waals surface area contributed by atoms with E-state index in [9.17, 15) is 19.2 Å². The SMILES string of the molecule is CCn1c(=O)n(CN=C=O)c(=O)n(COC#N)c1=O. The van der Waals surface area contributed by atoms with Gasteiger partial charge in [0.05, 0.1) is 0 Å². The number of carbonyl (C=O) groups excluding carboxylic acids is 1.